The third-order valence-electron chi connectivity index (χ3n) is 8.39. The Morgan fingerprint density at radius 2 is 1.92 bits per heavy atom. The van der Waals surface area contributed by atoms with Gasteiger partial charge in [-0.3, -0.25) is 19.4 Å². The number of likely N-dealkylation sites (N-methyl/N-ethyl adjacent to an activating group) is 1. The minimum absolute atomic E-state index is 0.0517. The second kappa shape index (κ2) is 10.3. The summed E-state index contributed by atoms with van der Waals surface area (Å²) in [4.78, 5) is 29.9. The van der Waals surface area contributed by atoms with Crippen LogP contribution in [0.15, 0.2) is 23.0 Å². The minimum atomic E-state index is -2.51. The Bertz CT molecular complexity index is 1300. The standard InChI is InChI=1S/C28H38N4O7/c1-6-8-32(7-2)12-14-11-17(33)19-15(24(14)39-5)9-13-10-16-21(31(3)4)23(35)20(27(30)37)25(29)28(16,38)26(36)18(13)22(19)34/h11,13,16,21,29,33-35,38H,6-10,12H2,1-5H3,(H2,30,37)/t13-,16-,21-,28+/m0/s1. The minimum Gasteiger partial charge on any atom is -0.510 e. The number of nitrogens with two attached hydrogens (primary N) is 1. The van der Waals surface area contributed by atoms with Crippen LogP contribution in [0.4, 0.5) is 0 Å². The summed E-state index contributed by atoms with van der Waals surface area (Å²) in [6, 6.07) is 0.545. The van der Waals surface area contributed by atoms with Crippen molar-refractivity contribution in [2.45, 2.75) is 51.3 Å². The van der Waals surface area contributed by atoms with Crippen LogP contribution in [0.3, 0.4) is 0 Å². The summed E-state index contributed by atoms with van der Waals surface area (Å²) in [5.41, 5.74) is 2.74. The van der Waals surface area contributed by atoms with E-state index in [1.807, 2.05) is 6.92 Å². The van der Waals surface area contributed by atoms with Crippen molar-refractivity contribution in [3.63, 3.8) is 0 Å². The number of ether oxygens (including phenoxy) is 1. The molecular formula is C28H38N4O7. The first-order valence-electron chi connectivity index (χ1n) is 13.2. The van der Waals surface area contributed by atoms with Gasteiger partial charge in [0, 0.05) is 29.2 Å². The lowest BCUT2D eigenvalue weighted by Crippen LogP contribution is -2.67. The second-order valence-electron chi connectivity index (χ2n) is 10.8. The number of carbonyl (C=O) groups is 2. The molecule has 0 aliphatic heterocycles. The predicted octanol–water partition coefficient (Wildman–Crippen LogP) is 1.66. The molecule has 3 aliphatic carbocycles. The zero-order valence-electron chi connectivity index (χ0n) is 23.0. The van der Waals surface area contributed by atoms with Gasteiger partial charge >= 0.3 is 0 Å². The average molecular weight is 543 g/mol. The van der Waals surface area contributed by atoms with E-state index in [-0.39, 0.29) is 29.7 Å². The van der Waals surface area contributed by atoms with Crippen LogP contribution in [0.2, 0.25) is 0 Å². The monoisotopic (exact) mass is 542 g/mol. The maximum absolute atomic E-state index is 14.0. The quantitative estimate of drug-likeness (QED) is 0.285. The van der Waals surface area contributed by atoms with Gasteiger partial charge in [-0.05, 0) is 58.4 Å². The molecule has 0 heterocycles. The van der Waals surface area contributed by atoms with Crippen LogP contribution in [-0.4, -0.2) is 93.6 Å². The molecule has 3 aliphatic rings. The van der Waals surface area contributed by atoms with Gasteiger partial charge in [0.15, 0.2) is 5.60 Å². The van der Waals surface area contributed by atoms with E-state index < -0.39 is 58.0 Å². The molecule has 212 valence electrons. The second-order valence-corrected chi connectivity index (χ2v) is 10.8. The van der Waals surface area contributed by atoms with E-state index in [0.717, 1.165) is 25.1 Å². The van der Waals surface area contributed by atoms with Gasteiger partial charge in [-0.2, -0.15) is 0 Å². The number of nitrogens with one attached hydrogen (secondary N) is 1. The SMILES string of the molecule is CCCN(CC)Cc1cc(O)c2c(c1OC)C[C@H]1C[C@H]3[C@H](N(C)C)C(O)=C(C(N)=O)C(=N)[C@@]3(O)C(=O)C1=C2O. The fraction of sp³-hybridized carbons (Fsp3) is 0.536. The van der Waals surface area contributed by atoms with Crippen LogP contribution in [-0.2, 0) is 22.6 Å². The van der Waals surface area contributed by atoms with Gasteiger partial charge in [0.1, 0.15) is 28.6 Å². The third kappa shape index (κ3) is 4.19. The number of phenols is 1. The van der Waals surface area contributed by atoms with Crippen molar-refractivity contribution >= 4 is 23.2 Å². The molecule has 11 nitrogen and oxygen atoms in total. The zero-order valence-corrected chi connectivity index (χ0v) is 23.0. The van der Waals surface area contributed by atoms with Crippen LogP contribution in [0.1, 0.15) is 43.4 Å². The molecule has 4 atom stereocenters. The molecule has 4 rings (SSSR count). The molecular weight excluding hydrogens is 504 g/mol. The molecule has 1 aromatic rings. The van der Waals surface area contributed by atoms with Crippen LogP contribution < -0.4 is 10.5 Å². The van der Waals surface area contributed by atoms with Crippen molar-refractivity contribution in [2.24, 2.45) is 17.6 Å². The smallest absolute Gasteiger partial charge is 0.254 e. The molecule has 11 heteroatoms. The number of ketones is 1. The molecule has 0 spiro atoms. The van der Waals surface area contributed by atoms with E-state index in [0.29, 0.717) is 17.9 Å². The Morgan fingerprint density at radius 3 is 2.46 bits per heavy atom. The molecule has 1 aromatic carbocycles. The number of methoxy groups -OCH3 is 1. The van der Waals surface area contributed by atoms with E-state index in [1.54, 1.807) is 19.0 Å². The largest absolute Gasteiger partial charge is 0.510 e. The van der Waals surface area contributed by atoms with Crippen LogP contribution >= 0.6 is 0 Å². The molecule has 1 fully saturated rings. The molecule has 0 unspecified atom stereocenters. The predicted molar refractivity (Wildman–Crippen MR) is 145 cm³/mol. The fourth-order valence-corrected chi connectivity index (χ4v) is 6.69. The maximum atomic E-state index is 14.0. The summed E-state index contributed by atoms with van der Waals surface area (Å²) in [5, 5.41) is 53.8. The van der Waals surface area contributed by atoms with Crippen LogP contribution in [0.25, 0.3) is 5.76 Å². The Balaban J connectivity index is 1.90. The Morgan fingerprint density at radius 1 is 1.26 bits per heavy atom. The van der Waals surface area contributed by atoms with Gasteiger partial charge in [-0.15, -0.1) is 0 Å². The molecule has 1 amide bonds. The first kappa shape index (κ1) is 28.6. The first-order valence-corrected chi connectivity index (χ1v) is 13.2. The van der Waals surface area contributed by atoms with E-state index in [2.05, 4.69) is 11.8 Å². The van der Waals surface area contributed by atoms with Gasteiger partial charge in [-0.1, -0.05) is 13.8 Å². The van der Waals surface area contributed by atoms with Crippen LogP contribution in [0.5, 0.6) is 11.5 Å². The third-order valence-corrected chi connectivity index (χ3v) is 8.39. The number of aliphatic hydroxyl groups excluding tert-OH is 2. The molecule has 7 N–H and O–H groups in total. The number of rotatable bonds is 8. The lowest BCUT2D eigenvalue weighted by atomic mass is 9.56. The number of phenolic OH excluding ortho intramolecular Hbond substituents is 1. The number of fused-ring (bicyclic) bond motifs is 3. The van der Waals surface area contributed by atoms with E-state index in [1.165, 1.54) is 13.2 Å². The van der Waals surface area contributed by atoms with E-state index >= 15 is 0 Å². The number of Topliss-reactive ketones (excluding diaryl/α,β-unsaturated/α-hetero) is 1. The number of hydrogen-bond acceptors (Lipinski definition) is 10. The van der Waals surface area contributed by atoms with Gasteiger partial charge < -0.3 is 36.3 Å². The highest BCUT2D eigenvalue weighted by molar-refractivity contribution is 6.33. The summed E-state index contributed by atoms with van der Waals surface area (Å²) in [6.07, 6.45) is 1.28. The summed E-state index contributed by atoms with van der Waals surface area (Å²) in [5.74, 6) is -4.36. The fourth-order valence-electron chi connectivity index (χ4n) is 6.69. The van der Waals surface area contributed by atoms with Crippen molar-refractivity contribution in [2.75, 3.05) is 34.3 Å². The van der Waals surface area contributed by atoms with E-state index in [4.69, 9.17) is 15.9 Å². The summed E-state index contributed by atoms with van der Waals surface area (Å²) >= 11 is 0. The molecule has 0 aromatic heterocycles. The van der Waals surface area contributed by atoms with Gasteiger partial charge in [-0.25, -0.2) is 0 Å². The molecule has 0 bridgehead atoms. The number of aliphatic hydroxyl groups is 3. The van der Waals surface area contributed by atoms with Crippen molar-refractivity contribution in [3.05, 3.63) is 39.7 Å². The Labute approximate surface area is 227 Å². The number of hydrogen-bond donors (Lipinski definition) is 6. The zero-order chi connectivity index (χ0) is 29.0. The summed E-state index contributed by atoms with van der Waals surface area (Å²) in [7, 11) is 4.77. The number of amides is 1. The maximum Gasteiger partial charge on any atom is 0.254 e. The lowest BCUT2D eigenvalue weighted by molar-refractivity contribution is -0.138. The number of primary amides is 1. The number of nitrogens with zero attached hydrogens (tertiary/aromatic N) is 2. The van der Waals surface area contributed by atoms with Crippen LogP contribution in [0, 0.1) is 17.2 Å². The molecule has 1 saturated carbocycles. The number of aromatic hydroxyl groups is 1. The molecule has 39 heavy (non-hydrogen) atoms. The Hall–Kier alpha value is -3.41. The highest BCUT2D eigenvalue weighted by Gasteiger charge is 2.63. The molecule has 0 saturated heterocycles. The van der Waals surface area contributed by atoms with Crippen molar-refractivity contribution < 1.29 is 34.8 Å². The highest BCUT2D eigenvalue weighted by atomic mass is 16.5. The van der Waals surface area contributed by atoms with Crippen molar-refractivity contribution in [1.29, 1.82) is 5.41 Å². The van der Waals surface area contributed by atoms with E-state index in [9.17, 15) is 30.0 Å². The lowest BCUT2D eigenvalue weighted by Gasteiger charge is -2.51. The summed E-state index contributed by atoms with van der Waals surface area (Å²) < 4.78 is 5.79. The van der Waals surface area contributed by atoms with Gasteiger partial charge in [0.2, 0.25) is 5.78 Å². The number of carbonyl (C=O) groups excluding carboxylic acids is 2. The van der Waals surface area contributed by atoms with Gasteiger partial charge in [0.05, 0.1) is 24.4 Å². The summed E-state index contributed by atoms with van der Waals surface area (Å²) in [6.45, 7) is 6.30. The normalized spacial score (nSPS) is 26.6. The topological polar surface area (TPSA) is 181 Å². The number of benzene rings is 1. The highest BCUT2D eigenvalue weighted by Crippen LogP contribution is 2.53. The van der Waals surface area contributed by atoms with Crippen molar-refractivity contribution in [1.82, 2.24) is 9.80 Å². The van der Waals surface area contributed by atoms with Gasteiger partial charge in [0.25, 0.3) is 5.91 Å². The first-order chi connectivity index (χ1) is 18.3. The molecule has 0 radical (unpaired) electrons. The van der Waals surface area contributed by atoms with Crippen molar-refractivity contribution in [3.8, 4) is 11.5 Å². The average Bonchev–Trinajstić information content (AvgIpc) is 2.85. The Kier molecular flexibility index (Phi) is 7.54.